The van der Waals surface area contributed by atoms with Gasteiger partial charge in [-0.1, -0.05) is 57.0 Å². The first-order chi connectivity index (χ1) is 12.9. The molecule has 5 nitrogen and oxygen atoms in total. The Bertz CT molecular complexity index is 716. The molecule has 0 spiro atoms. The van der Waals surface area contributed by atoms with Gasteiger partial charge >= 0.3 is 12.1 Å². The van der Waals surface area contributed by atoms with Crippen molar-refractivity contribution in [2.45, 2.75) is 52.2 Å². The standard InChI is InChI=1S/C22H29NO4/c1-22(2)16-11-7-6-10-15(16)18-17(22)12-23(19(18)20(24)25)21(26)27-13-14-8-4-3-5-9-14/h3-5,8-9,15-19H,6-7,10-13H2,1-2H3,(H,24,25)/t15-,16?,17?,18?,19-/m0/s1. The number of aliphatic carboxylic acids is 1. The van der Waals surface area contributed by atoms with Crippen molar-refractivity contribution in [3.63, 3.8) is 0 Å². The predicted octanol–water partition coefficient (Wildman–Crippen LogP) is 4.17. The highest BCUT2D eigenvalue weighted by Crippen LogP contribution is 2.63. The number of likely N-dealkylation sites (tertiary alicyclic amines) is 1. The fraction of sp³-hybridized carbons (Fsp3) is 0.636. The van der Waals surface area contributed by atoms with E-state index in [0.717, 1.165) is 12.0 Å². The molecule has 1 aromatic rings. The summed E-state index contributed by atoms with van der Waals surface area (Å²) in [6, 6.07) is 8.75. The number of rotatable bonds is 3. The van der Waals surface area contributed by atoms with E-state index in [-0.39, 0.29) is 23.9 Å². The van der Waals surface area contributed by atoms with E-state index in [0.29, 0.717) is 18.4 Å². The van der Waals surface area contributed by atoms with Gasteiger partial charge in [-0.05, 0) is 47.5 Å². The van der Waals surface area contributed by atoms with E-state index in [9.17, 15) is 14.7 Å². The van der Waals surface area contributed by atoms with Crippen LogP contribution in [0.2, 0.25) is 0 Å². The Labute approximate surface area is 160 Å². The maximum absolute atomic E-state index is 12.8. The maximum Gasteiger partial charge on any atom is 0.410 e. The summed E-state index contributed by atoms with van der Waals surface area (Å²) in [5.74, 6) is 0.376. The van der Waals surface area contributed by atoms with Gasteiger partial charge in [0.25, 0.3) is 0 Å². The van der Waals surface area contributed by atoms with Crippen LogP contribution in [0.1, 0.15) is 45.1 Å². The predicted molar refractivity (Wildman–Crippen MR) is 101 cm³/mol. The lowest BCUT2D eigenvalue weighted by Gasteiger charge is -2.38. The van der Waals surface area contributed by atoms with Gasteiger partial charge in [-0.2, -0.15) is 0 Å². The minimum atomic E-state index is -0.888. The Kier molecular flexibility index (Phi) is 4.65. The molecule has 0 aromatic heterocycles. The highest BCUT2D eigenvalue weighted by atomic mass is 16.6. The Morgan fingerprint density at radius 1 is 1.15 bits per heavy atom. The van der Waals surface area contributed by atoms with Crippen LogP contribution in [0.4, 0.5) is 4.79 Å². The van der Waals surface area contributed by atoms with Crippen molar-refractivity contribution in [2.75, 3.05) is 6.54 Å². The number of amides is 1. The Hall–Kier alpha value is -2.04. The van der Waals surface area contributed by atoms with Crippen molar-refractivity contribution >= 4 is 12.1 Å². The lowest BCUT2D eigenvalue weighted by Crippen LogP contribution is -2.46. The average Bonchev–Trinajstić information content (AvgIpc) is 3.17. The zero-order valence-electron chi connectivity index (χ0n) is 16.1. The Morgan fingerprint density at radius 2 is 1.85 bits per heavy atom. The molecule has 5 atom stereocenters. The smallest absolute Gasteiger partial charge is 0.410 e. The van der Waals surface area contributed by atoms with E-state index < -0.39 is 18.1 Å². The van der Waals surface area contributed by atoms with Crippen molar-refractivity contribution in [3.8, 4) is 0 Å². The highest BCUT2D eigenvalue weighted by Gasteiger charge is 2.64. The van der Waals surface area contributed by atoms with E-state index in [1.54, 1.807) is 0 Å². The summed E-state index contributed by atoms with van der Waals surface area (Å²) in [4.78, 5) is 26.4. The number of hydrogen-bond donors (Lipinski definition) is 1. The molecule has 2 saturated carbocycles. The Morgan fingerprint density at radius 3 is 2.56 bits per heavy atom. The SMILES string of the molecule is CC1(C)C2CN(C(=O)OCc3ccccc3)[C@H](C(=O)O)C2[C@H]2CCCCC21. The topological polar surface area (TPSA) is 66.8 Å². The van der Waals surface area contributed by atoms with Crippen LogP contribution in [0.15, 0.2) is 30.3 Å². The molecule has 1 saturated heterocycles. The molecular weight excluding hydrogens is 342 g/mol. The van der Waals surface area contributed by atoms with Gasteiger partial charge in [-0.25, -0.2) is 9.59 Å². The van der Waals surface area contributed by atoms with Gasteiger partial charge in [0.05, 0.1) is 0 Å². The second kappa shape index (κ2) is 6.84. The number of carbonyl (C=O) groups is 2. The van der Waals surface area contributed by atoms with E-state index in [2.05, 4.69) is 13.8 Å². The van der Waals surface area contributed by atoms with Crippen LogP contribution in [0, 0.1) is 29.1 Å². The highest BCUT2D eigenvalue weighted by molar-refractivity contribution is 5.81. The molecule has 1 amide bonds. The fourth-order valence-electron chi connectivity index (χ4n) is 6.25. The van der Waals surface area contributed by atoms with Crippen LogP contribution in [-0.4, -0.2) is 34.7 Å². The first-order valence-corrected chi connectivity index (χ1v) is 10.1. The summed E-state index contributed by atoms with van der Waals surface area (Å²) in [5.41, 5.74) is 0.975. The minimum Gasteiger partial charge on any atom is -0.480 e. The molecule has 0 bridgehead atoms. The van der Waals surface area contributed by atoms with Gasteiger partial charge in [0, 0.05) is 6.54 Å². The van der Waals surface area contributed by atoms with Crippen LogP contribution < -0.4 is 0 Å². The summed E-state index contributed by atoms with van der Waals surface area (Å²) in [6.07, 6.45) is 4.20. The number of nitrogens with zero attached hydrogens (tertiary/aromatic N) is 1. The van der Waals surface area contributed by atoms with Gasteiger partial charge in [-0.3, -0.25) is 4.90 Å². The van der Waals surface area contributed by atoms with E-state index >= 15 is 0 Å². The number of fused-ring (bicyclic) bond motifs is 3. The maximum atomic E-state index is 12.8. The Balaban J connectivity index is 1.54. The quantitative estimate of drug-likeness (QED) is 0.866. The normalized spacial score (nSPS) is 34.0. The summed E-state index contributed by atoms with van der Waals surface area (Å²) >= 11 is 0. The van der Waals surface area contributed by atoms with Gasteiger partial charge in [0.15, 0.2) is 0 Å². The molecule has 27 heavy (non-hydrogen) atoms. The molecule has 0 radical (unpaired) electrons. The summed E-state index contributed by atoms with van der Waals surface area (Å²) < 4.78 is 5.49. The largest absolute Gasteiger partial charge is 0.480 e. The van der Waals surface area contributed by atoms with Gasteiger partial charge in [0.2, 0.25) is 0 Å². The third kappa shape index (κ3) is 3.01. The van der Waals surface area contributed by atoms with Crippen molar-refractivity contribution in [2.24, 2.45) is 29.1 Å². The molecule has 4 rings (SSSR count). The molecular formula is C22H29NO4. The summed E-state index contributed by atoms with van der Waals surface area (Å²) in [7, 11) is 0. The molecule has 5 heteroatoms. The molecule has 3 fully saturated rings. The third-order valence-corrected chi connectivity index (χ3v) is 7.48. The van der Waals surface area contributed by atoms with Crippen LogP contribution in [0.3, 0.4) is 0 Å². The lowest BCUT2D eigenvalue weighted by atomic mass is 9.69. The van der Waals surface area contributed by atoms with Crippen LogP contribution in [-0.2, 0) is 16.1 Å². The zero-order valence-corrected chi connectivity index (χ0v) is 16.1. The molecule has 3 aliphatic rings. The number of hydrogen-bond acceptors (Lipinski definition) is 3. The molecule has 1 aliphatic heterocycles. The minimum absolute atomic E-state index is 0.0482. The van der Waals surface area contributed by atoms with Crippen LogP contribution in [0.5, 0.6) is 0 Å². The zero-order chi connectivity index (χ0) is 19.2. The van der Waals surface area contributed by atoms with Crippen LogP contribution in [0.25, 0.3) is 0 Å². The molecule has 3 unspecified atom stereocenters. The number of ether oxygens (including phenoxy) is 1. The number of carboxylic acids is 1. The summed E-state index contributed by atoms with van der Waals surface area (Å²) in [6.45, 7) is 5.22. The fourth-order valence-corrected chi connectivity index (χ4v) is 6.25. The number of benzene rings is 1. The van der Waals surface area contributed by atoms with Crippen molar-refractivity contribution in [1.29, 1.82) is 0 Å². The molecule has 146 valence electrons. The van der Waals surface area contributed by atoms with Crippen LogP contribution >= 0.6 is 0 Å². The van der Waals surface area contributed by atoms with Crippen molar-refractivity contribution in [1.82, 2.24) is 4.90 Å². The average molecular weight is 371 g/mol. The second-order valence-corrected chi connectivity index (χ2v) is 9.04. The molecule has 1 N–H and O–H groups in total. The first-order valence-electron chi connectivity index (χ1n) is 10.1. The van der Waals surface area contributed by atoms with Crippen molar-refractivity contribution in [3.05, 3.63) is 35.9 Å². The lowest BCUT2D eigenvalue weighted by molar-refractivity contribution is -0.143. The molecule has 1 heterocycles. The number of carboxylic acid groups (broad SMARTS) is 1. The van der Waals surface area contributed by atoms with E-state index in [1.165, 1.54) is 24.2 Å². The molecule has 2 aliphatic carbocycles. The molecule has 1 aromatic carbocycles. The van der Waals surface area contributed by atoms with Gasteiger partial charge in [0.1, 0.15) is 12.6 Å². The third-order valence-electron chi connectivity index (χ3n) is 7.48. The van der Waals surface area contributed by atoms with E-state index in [1.807, 2.05) is 30.3 Å². The summed E-state index contributed by atoms with van der Waals surface area (Å²) in [5, 5.41) is 9.98. The first kappa shape index (κ1) is 18.3. The second-order valence-electron chi connectivity index (χ2n) is 9.04. The van der Waals surface area contributed by atoms with E-state index in [4.69, 9.17) is 4.74 Å². The van der Waals surface area contributed by atoms with Gasteiger partial charge < -0.3 is 9.84 Å². The van der Waals surface area contributed by atoms with Crippen molar-refractivity contribution < 1.29 is 19.4 Å². The number of carbonyl (C=O) groups excluding carboxylic acids is 1. The van der Waals surface area contributed by atoms with Gasteiger partial charge in [-0.15, -0.1) is 0 Å². The monoisotopic (exact) mass is 371 g/mol.